The average Bonchev–Trinajstić information content (AvgIpc) is 3.24. The molecule has 0 spiro atoms. The van der Waals surface area contributed by atoms with Gasteiger partial charge >= 0.3 is 17.9 Å². The van der Waals surface area contributed by atoms with E-state index in [0.717, 1.165) is 77.0 Å². The predicted molar refractivity (Wildman–Crippen MR) is 256 cm³/mol. The summed E-state index contributed by atoms with van der Waals surface area (Å²) < 4.78 is 16.7. The number of unbranched alkanes of at least 4 members (excludes halogenated alkanes) is 24. The third-order valence-electron chi connectivity index (χ3n) is 10.7. The number of ether oxygens (including phenoxy) is 3. The normalized spacial score (nSPS) is 12.5. The van der Waals surface area contributed by atoms with Gasteiger partial charge in [0.1, 0.15) is 13.2 Å². The Bertz CT molecular complexity index is 1100. The smallest absolute Gasteiger partial charge is 0.306 e. The molecule has 0 aromatic heterocycles. The van der Waals surface area contributed by atoms with Crippen molar-refractivity contribution >= 4 is 17.9 Å². The van der Waals surface area contributed by atoms with Gasteiger partial charge in [0, 0.05) is 19.3 Å². The first-order valence-electron chi connectivity index (χ1n) is 25.3. The van der Waals surface area contributed by atoms with Crippen LogP contribution in [0.2, 0.25) is 0 Å². The highest BCUT2D eigenvalue weighted by molar-refractivity contribution is 5.71. The van der Waals surface area contributed by atoms with Crippen LogP contribution in [0.1, 0.15) is 245 Å². The molecule has 0 saturated heterocycles. The van der Waals surface area contributed by atoms with Crippen LogP contribution in [0, 0.1) is 0 Å². The Morgan fingerprint density at radius 1 is 0.350 bits per heavy atom. The fourth-order valence-corrected chi connectivity index (χ4v) is 6.90. The second-order valence-corrected chi connectivity index (χ2v) is 16.7. The number of allylic oxidation sites excluding steroid dienone is 10. The van der Waals surface area contributed by atoms with Crippen molar-refractivity contribution in [3.05, 3.63) is 60.8 Å². The summed E-state index contributed by atoms with van der Waals surface area (Å²) in [5, 5.41) is 0. The highest BCUT2D eigenvalue weighted by Gasteiger charge is 2.19. The fourth-order valence-electron chi connectivity index (χ4n) is 6.90. The lowest BCUT2D eigenvalue weighted by atomic mass is 10.1. The van der Waals surface area contributed by atoms with Crippen molar-refractivity contribution in [2.24, 2.45) is 0 Å². The van der Waals surface area contributed by atoms with Gasteiger partial charge in [-0.15, -0.1) is 0 Å². The van der Waals surface area contributed by atoms with Gasteiger partial charge in [-0.25, -0.2) is 0 Å². The predicted octanol–water partition coefficient (Wildman–Crippen LogP) is 16.5. The van der Waals surface area contributed by atoms with E-state index in [1.165, 1.54) is 122 Å². The quantitative estimate of drug-likeness (QED) is 0.0263. The number of carbonyl (C=O) groups is 3. The van der Waals surface area contributed by atoms with Crippen molar-refractivity contribution in [2.45, 2.75) is 252 Å². The molecule has 0 aliphatic carbocycles. The molecule has 0 saturated carbocycles. The fraction of sp³-hybridized carbons (Fsp3) is 0.759. The lowest BCUT2D eigenvalue weighted by Crippen LogP contribution is -2.30. The van der Waals surface area contributed by atoms with E-state index in [4.69, 9.17) is 14.2 Å². The van der Waals surface area contributed by atoms with Gasteiger partial charge in [0.15, 0.2) is 6.10 Å². The van der Waals surface area contributed by atoms with Crippen LogP contribution in [0.15, 0.2) is 60.8 Å². The molecule has 0 N–H and O–H groups in total. The number of rotatable bonds is 45. The molecule has 0 aliphatic rings. The molecular weight excluding hydrogens is 745 g/mol. The molecule has 60 heavy (non-hydrogen) atoms. The highest BCUT2D eigenvalue weighted by Crippen LogP contribution is 2.14. The monoisotopic (exact) mass is 839 g/mol. The second kappa shape index (κ2) is 48.8. The van der Waals surface area contributed by atoms with Crippen LogP contribution in [-0.2, 0) is 28.6 Å². The summed E-state index contributed by atoms with van der Waals surface area (Å²) in [5.74, 6) is -0.948. The minimum atomic E-state index is -0.797. The number of hydrogen-bond acceptors (Lipinski definition) is 6. The molecule has 0 aromatic rings. The topological polar surface area (TPSA) is 78.9 Å². The van der Waals surface area contributed by atoms with Gasteiger partial charge in [-0.05, 0) is 96.3 Å². The Morgan fingerprint density at radius 3 is 1.12 bits per heavy atom. The minimum Gasteiger partial charge on any atom is -0.462 e. The molecule has 0 aliphatic heterocycles. The van der Waals surface area contributed by atoms with Crippen LogP contribution in [0.5, 0.6) is 0 Å². The average molecular weight is 839 g/mol. The summed E-state index contributed by atoms with van der Waals surface area (Å²) in [7, 11) is 0. The van der Waals surface area contributed by atoms with E-state index in [2.05, 4.69) is 81.5 Å². The van der Waals surface area contributed by atoms with Gasteiger partial charge < -0.3 is 14.2 Å². The molecule has 0 heterocycles. The van der Waals surface area contributed by atoms with Gasteiger partial charge in [0.25, 0.3) is 0 Å². The molecule has 0 radical (unpaired) electrons. The zero-order valence-corrected chi connectivity index (χ0v) is 39.5. The van der Waals surface area contributed by atoms with Crippen LogP contribution < -0.4 is 0 Å². The second-order valence-electron chi connectivity index (χ2n) is 16.7. The summed E-state index contributed by atoms with van der Waals surface area (Å²) in [4.78, 5) is 37.8. The van der Waals surface area contributed by atoms with E-state index < -0.39 is 6.10 Å². The highest BCUT2D eigenvalue weighted by atomic mass is 16.6. The first kappa shape index (κ1) is 57.1. The first-order valence-corrected chi connectivity index (χ1v) is 25.3. The van der Waals surface area contributed by atoms with Gasteiger partial charge in [-0.2, -0.15) is 0 Å². The molecule has 346 valence electrons. The Kier molecular flexibility index (Phi) is 46.4. The lowest BCUT2D eigenvalue weighted by Gasteiger charge is -2.18. The van der Waals surface area contributed by atoms with Crippen molar-refractivity contribution in [1.82, 2.24) is 0 Å². The van der Waals surface area contributed by atoms with Crippen molar-refractivity contribution in [3.63, 3.8) is 0 Å². The summed E-state index contributed by atoms with van der Waals surface area (Å²) in [6.07, 6.45) is 59.3. The summed E-state index contributed by atoms with van der Waals surface area (Å²) in [6.45, 7) is 6.44. The maximum atomic E-state index is 12.7. The largest absolute Gasteiger partial charge is 0.462 e. The molecule has 1 atom stereocenters. The van der Waals surface area contributed by atoms with Crippen molar-refractivity contribution < 1.29 is 28.6 Å². The van der Waals surface area contributed by atoms with Crippen molar-refractivity contribution in [1.29, 1.82) is 0 Å². The van der Waals surface area contributed by atoms with Crippen LogP contribution in [-0.4, -0.2) is 37.2 Å². The summed E-state index contributed by atoms with van der Waals surface area (Å²) in [6, 6.07) is 0. The summed E-state index contributed by atoms with van der Waals surface area (Å²) >= 11 is 0. The van der Waals surface area contributed by atoms with Crippen LogP contribution >= 0.6 is 0 Å². The third-order valence-corrected chi connectivity index (χ3v) is 10.7. The van der Waals surface area contributed by atoms with Crippen LogP contribution in [0.4, 0.5) is 0 Å². The maximum absolute atomic E-state index is 12.7. The zero-order chi connectivity index (χ0) is 43.7. The van der Waals surface area contributed by atoms with E-state index in [-0.39, 0.29) is 37.5 Å². The zero-order valence-electron chi connectivity index (χ0n) is 39.5. The molecule has 0 amide bonds. The van der Waals surface area contributed by atoms with Crippen LogP contribution in [0.3, 0.4) is 0 Å². The van der Waals surface area contributed by atoms with Crippen LogP contribution in [0.25, 0.3) is 0 Å². The Hall–Kier alpha value is -2.89. The molecule has 0 aromatic carbocycles. The van der Waals surface area contributed by atoms with E-state index in [1.807, 2.05) is 0 Å². The molecule has 0 fully saturated rings. The number of carbonyl (C=O) groups excluding carboxylic acids is 3. The van der Waals surface area contributed by atoms with Crippen molar-refractivity contribution in [2.75, 3.05) is 13.2 Å². The standard InChI is InChI=1S/C54H94O6/c1-4-7-10-13-16-19-22-24-25-26-27-28-29-30-33-35-38-41-44-47-53(56)59-50-51(49-58-52(55)46-43-40-37-34-31-21-18-15-12-9-6-3)60-54(57)48-45-42-39-36-32-23-20-17-14-11-8-5-2/h8,11,15,17-18,20,26-27,32,36,51H,4-7,9-10,12-14,16,19,21-25,28-31,33-35,37-50H2,1-3H3/b11-8-,18-15-,20-17-,27-26-,36-32-. The van der Waals surface area contributed by atoms with Gasteiger partial charge in [0.05, 0.1) is 0 Å². The van der Waals surface area contributed by atoms with Gasteiger partial charge in [-0.1, -0.05) is 191 Å². The van der Waals surface area contributed by atoms with E-state index in [1.54, 1.807) is 0 Å². The van der Waals surface area contributed by atoms with Gasteiger partial charge in [0.2, 0.25) is 0 Å². The van der Waals surface area contributed by atoms with E-state index in [9.17, 15) is 14.4 Å². The van der Waals surface area contributed by atoms with E-state index in [0.29, 0.717) is 19.3 Å². The SMILES string of the molecule is CC/C=C\C/C=C\C/C=C\CCCCC(=O)OC(COC(=O)CCCCCCC/C=C\CCCC)COC(=O)CCCCCCCCC/C=C\CCCCCCCCCC. The maximum Gasteiger partial charge on any atom is 0.306 e. The molecule has 0 rings (SSSR count). The number of esters is 3. The van der Waals surface area contributed by atoms with E-state index >= 15 is 0 Å². The first-order chi connectivity index (χ1) is 29.5. The Morgan fingerprint density at radius 2 is 0.667 bits per heavy atom. The Labute approximate surface area is 370 Å². The van der Waals surface area contributed by atoms with Gasteiger partial charge in [-0.3, -0.25) is 14.4 Å². The lowest BCUT2D eigenvalue weighted by molar-refractivity contribution is -0.167. The third kappa shape index (κ3) is 46.2. The minimum absolute atomic E-state index is 0.0944. The molecule has 6 nitrogen and oxygen atoms in total. The van der Waals surface area contributed by atoms with Crippen molar-refractivity contribution in [3.8, 4) is 0 Å². The molecular formula is C54H94O6. The molecule has 6 heteroatoms. The molecule has 1 unspecified atom stereocenters. The Balaban J connectivity index is 4.36. The number of hydrogen-bond donors (Lipinski definition) is 0. The molecule has 0 bridgehead atoms. The summed E-state index contributed by atoms with van der Waals surface area (Å²) in [5.41, 5.74) is 0.